The van der Waals surface area contributed by atoms with E-state index in [4.69, 9.17) is 4.74 Å². The van der Waals surface area contributed by atoms with Crippen LogP contribution in [0.5, 0.6) is 5.75 Å². The lowest BCUT2D eigenvalue weighted by molar-refractivity contribution is -0.137. The zero-order valence-electron chi connectivity index (χ0n) is 11.7. The van der Waals surface area contributed by atoms with E-state index in [1.54, 1.807) is 12.0 Å². The Hall–Kier alpha value is -1.81. The van der Waals surface area contributed by atoms with Gasteiger partial charge in [0.25, 0.3) is 0 Å². The maximum atomic E-state index is 12.4. The minimum Gasteiger partial charge on any atom is -0.497 e. The van der Waals surface area contributed by atoms with Crippen LogP contribution in [0.2, 0.25) is 0 Å². The van der Waals surface area contributed by atoms with Gasteiger partial charge >= 0.3 is 0 Å². The van der Waals surface area contributed by atoms with Gasteiger partial charge in [-0.25, -0.2) is 0 Å². The number of fused-ring (bicyclic) bond motifs is 1. The third kappa shape index (κ3) is 1.75. The molecular formula is C16H19NO3. The van der Waals surface area contributed by atoms with Crippen LogP contribution < -0.4 is 9.64 Å². The Morgan fingerprint density at radius 2 is 2.00 bits per heavy atom. The van der Waals surface area contributed by atoms with E-state index in [1.165, 1.54) is 0 Å². The molecule has 1 heterocycles. The Morgan fingerprint density at radius 3 is 2.60 bits per heavy atom. The predicted molar refractivity (Wildman–Crippen MR) is 76.7 cm³/mol. The number of amides is 1. The first-order valence-electron chi connectivity index (χ1n) is 6.87. The molecule has 2 fully saturated rings. The Labute approximate surface area is 118 Å². The summed E-state index contributed by atoms with van der Waals surface area (Å²) in [5, 5.41) is 10.3. The molecule has 2 aliphatic rings. The molecule has 0 unspecified atom stereocenters. The fraction of sp³-hybridized carbons (Fsp3) is 0.438. The van der Waals surface area contributed by atoms with Crippen molar-refractivity contribution in [2.45, 2.75) is 25.5 Å². The quantitative estimate of drug-likeness (QED) is 0.662. The molecule has 4 nitrogen and oxygen atoms in total. The molecule has 1 saturated carbocycles. The fourth-order valence-electron chi connectivity index (χ4n) is 3.32. The number of carbonyl (C=O) groups is 1. The molecule has 1 aromatic rings. The molecule has 1 aliphatic carbocycles. The normalized spacial score (nSPS) is 32.6. The second-order valence-electron chi connectivity index (χ2n) is 5.64. The highest BCUT2D eigenvalue weighted by atomic mass is 16.5. The second kappa shape index (κ2) is 4.63. The van der Waals surface area contributed by atoms with E-state index in [2.05, 4.69) is 6.58 Å². The first-order valence-corrected chi connectivity index (χ1v) is 6.87. The molecule has 1 aliphatic heterocycles. The topological polar surface area (TPSA) is 49.8 Å². The zero-order chi connectivity index (χ0) is 14.4. The molecule has 4 heteroatoms. The lowest BCUT2D eigenvalue weighted by atomic mass is 9.66. The van der Waals surface area contributed by atoms with Crippen LogP contribution in [0.25, 0.3) is 0 Å². The molecule has 0 aromatic heterocycles. The SMILES string of the molecule is C=C1C[C@H](O)[C@@H]2[C@@H](C(=O)N2c2ccc(OC)cc2)[C@@H]1C. The standard InChI is InChI=1S/C16H19NO3/c1-9-8-13(18)15-14(10(9)2)16(19)17(15)11-4-6-12(20-3)7-5-11/h4-7,10,13-15,18H,1,8H2,2-3H3/t10-,13+,14+,15-/m1/s1. The number of methoxy groups -OCH3 is 1. The first-order chi connectivity index (χ1) is 9.54. The molecule has 0 spiro atoms. The van der Waals surface area contributed by atoms with Gasteiger partial charge in [-0.2, -0.15) is 0 Å². The summed E-state index contributed by atoms with van der Waals surface area (Å²) in [7, 11) is 1.61. The number of β-lactam (4-membered cyclic amide) rings is 1. The minimum atomic E-state index is -0.525. The van der Waals surface area contributed by atoms with Gasteiger partial charge in [-0.05, 0) is 36.6 Å². The number of anilines is 1. The molecule has 1 aromatic carbocycles. The molecule has 4 atom stereocenters. The fourth-order valence-corrected chi connectivity index (χ4v) is 3.32. The van der Waals surface area contributed by atoms with Crippen molar-refractivity contribution < 1.29 is 14.6 Å². The summed E-state index contributed by atoms with van der Waals surface area (Å²) in [6.07, 6.45) is 0.0472. The molecule has 1 N–H and O–H groups in total. The van der Waals surface area contributed by atoms with Gasteiger partial charge < -0.3 is 14.7 Å². The van der Waals surface area contributed by atoms with Crippen LogP contribution in [0.3, 0.4) is 0 Å². The Bertz CT molecular complexity index is 551. The van der Waals surface area contributed by atoms with E-state index in [0.29, 0.717) is 6.42 Å². The third-order valence-corrected chi connectivity index (χ3v) is 4.59. The van der Waals surface area contributed by atoms with Gasteiger partial charge in [0.2, 0.25) is 5.91 Å². The van der Waals surface area contributed by atoms with E-state index >= 15 is 0 Å². The van der Waals surface area contributed by atoms with Crippen LogP contribution in [0.4, 0.5) is 5.69 Å². The van der Waals surface area contributed by atoms with E-state index < -0.39 is 6.10 Å². The first kappa shape index (κ1) is 13.2. The lowest BCUT2D eigenvalue weighted by Crippen LogP contribution is -2.69. The van der Waals surface area contributed by atoms with Gasteiger partial charge in [0.15, 0.2) is 0 Å². The molecule has 1 amide bonds. The zero-order valence-corrected chi connectivity index (χ0v) is 11.7. The Morgan fingerprint density at radius 1 is 1.35 bits per heavy atom. The van der Waals surface area contributed by atoms with Crippen molar-refractivity contribution in [1.29, 1.82) is 0 Å². The van der Waals surface area contributed by atoms with Crippen molar-refractivity contribution >= 4 is 11.6 Å². The van der Waals surface area contributed by atoms with Gasteiger partial charge in [0.05, 0.1) is 25.2 Å². The van der Waals surface area contributed by atoms with E-state index in [-0.39, 0.29) is 23.8 Å². The summed E-state index contributed by atoms with van der Waals surface area (Å²) < 4.78 is 5.12. The van der Waals surface area contributed by atoms with Crippen molar-refractivity contribution in [3.8, 4) is 5.75 Å². The van der Waals surface area contributed by atoms with E-state index in [9.17, 15) is 9.90 Å². The van der Waals surface area contributed by atoms with Crippen LogP contribution >= 0.6 is 0 Å². The summed E-state index contributed by atoms with van der Waals surface area (Å²) in [4.78, 5) is 14.1. The highest BCUT2D eigenvalue weighted by Gasteiger charge is 2.56. The van der Waals surface area contributed by atoms with Gasteiger partial charge in [-0.1, -0.05) is 19.1 Å². The highest BCUT2D eigenvalue weighted by molar-refractivity contribution is 6.03. The van der Waals surface area contributed by atoms with Gasteiger partial charge in [0, 0.05) is 5.69 Å². The number of aliphatic hydroxyl groups excluding tert-OH is 1. The molecule has 0 radical (unpaired) electrons. The minimum absolute atomic E-state index is 0.0765. The molecule has 0 bridgehead atoms. The van der Waals surface area contributed by atoms with Crippen molar-refractivity contribution in [1.82, 2.24) is 0 Å². The molecule has 20 heavy (non-hydrogen) atoms. The number of benzene rings is 1. The summed E-state index contributed by atoms with van der Waals surface area (Å²) in [6, 6.07) is 7.24. The Balaban J connectivity index is 1.88. The van der Waals surface area contributed by atoms with Crippen LogP contribution in [0, 0.1) is 11.8 Å². The molecule has 106 valence electrons. The summed E-state index contributed by atoms with van der Waals surface area (Å²) >= 11 is 0. The molecular weight excluding hydrogens is 254 g/mol. The van der Waals surface area contributed by atoms with Crippen molar-refractivity contribution in [3.63, 3.8) is 0 Å². The number of aliphatic hydroxyl groups is 1. The van der Waals surface area contributed by atoms with Crippen LogP contribution in [0.1, 0.15) is 13.3 Å². The van der Waals surface area contributed by atoms with Crippen LogP contribution in [-0.4, -0.2) is 30.3 Å². The van der Waals surface area contributed by atoms with Gasteiger partial charge in [0.1, 0.15) is 5.75 Å². The average molecular weight is 273 g/mol. The van der Waals surface area contributed by atoms with Crippen molar-refractivity contribution in [2.24, 2.45) is 11.8 Å². The van der Waals surface area contributed by atoms with Gasteiger partial charge in [-0.15, -0.1) is 0 Å². The number of hydrogen-bond donors (Lipinski definition) is 1. The maximum Gasteiger partial charge on any atom is 0.233 e. The Kier molecular flexibility index (Phi) is 3.05. The smallest absolute Gasteiger partial charge is 0.233 e. The average Bonchev–Trinajstić information content (AvgIpc) is 2.43. The third-order valence-electron chi connectivity index (χ3n) is 4.59. The number of rotatable bonds is 2. The highest BCUT2D eigenvalue weighted by Crippen LogP contribution is 2.46. The number of ether oxygens (including phenoxy) is 1. The monoisotopic (exact) mass is 273 g/mol. The lowest BCUT2D eigenvalue weighted by Gasteiger charge is -2.54. The molecule has 1 saturated heterocycles. The van der Waals surface area contributed by atoms with E-state index in [0.717, 1.165) is 17.0 Å². The number of nitrogens with zero attached hydrogens (tertiary/aromatic N) is 1. The number of carbonyl (C=O) groups excluding carboxylic acids is 1. The summed E-state index contributed by atoms with van der Waals surface area (Å²) in [5.74, 6) is 0.843. The van der Waals surface area contributed by atoms with Crippen LogP contribution in [-0.2, 0) is 4.79 Å². The maximum absolute atomic E-state index is 12.4. The van der Waals surface area contributed by atoms with Crippen molar-refractivity contribution in [3.05, 3.63) is 36.4 Å². The second-order valence-corrected chi connectivity index (χ2v) is 5.64. The summed E-state index contributed by atoms with van der Waals surface area (Å²) in [5.41, 5.74) is 1.79. The van der Waals surface area contributed by atoms with E-state index in [1.807, 2.05) is 31.2 Å². The van der Waals surface area contributed by atoms with Crippen molar-refractivity contribution in [2.75, 3.05) is 12.0 Å². The largest absolute Gasteiger partial charge is 0.497 e. The van der Waals surface area contributed by atoms with Gasteiger partial charge in [-0.3, -0.25) is 4.79 Å². The molecule has 3 rings (SSSR count). The predicted octanol–water partition coefficient (Wildman–Crippen LogP) is 1.98. The summed E-state index contributed by atoms with van der Waals surface area (Å²) in [6.45, 7) is 5.99. The van der Waals surface area contributed by atoms with Crippen LogP contribution in [0.15, 0.2) is 36.4 Å². The number of hydrogen-bond acceptors (Lipinski definition) is 3.